The molecule has 3 heterocycles. The lowest BCUT2D eigenvalue weighted by molar-refractivity contribution is 0.613. The summed E-state index contributed by atoms with van der Waals surface area (Å²) in [7, 11) is 8.02. The van der Waals surface area contributed by atoms with Crippen LogP contribution in [0.15, 0.2) is 134 Å². The first-order valence-electron chi connectivity index (χ1n) is 16.3. The summed E-state index contributed by atoms with van der Waals surface area (Å²) < 4.78 is 12.9. The minimum absolute atomic E-state index is 0.526. The van der Waals surface area contributed by atoms with Crippen LogP contribution in [-0.4, -0.2) is 43.1 Å². The van der Waals surface area contributed by atoms with Gasteiger partial charge in [0.2, 0.25) is 0 Å². The number of anilines is 2. The van der Waals surface area contributed by atoms with Crippen LogP contribution >= 0.6 is 0 Å². The van der Waals surface area contributed by atoms with E-state index in [1.807, 2.05) is 153 Å². The third-order valence-electron chi connectivity index (χ3n) is 8.93. The first-order valence-corrected chi connectivity index (χ1v) is 16.3. The van der Waals surface area contributed by atoms with Crippen molar-refractivity contribution in [3.8, 4) is 22.9 Å². The lowest BCUT2D eigenvalue weighted by atomic mass is 10.0. The summed E-state index contributed by atoms with van der Waals surface area (Å²) in [4.78, 5) is 29.0. The number of rotatable bonds is 4. The van der Waals surface area contributed by atoms with E-state index in [-0.39, 0.29) is 0 Å². The van der Waals surface area contributed by atoms with Crippen LogP contribution in [0.3, 0.4) is 0 Å². The van der Waals surface area contributed by atoms with Crippen molar-refractivity contribution in [1.29, 1.82) is 0 Å². The molecule has 9 rings (SSSR count). The largest absolute Gasteiger partial charge is 0.453 e. The van der Waals surface area contributed by atoms with E-state index in [0.29, 0.717) is 34.3 Å². The van der Waals surface area contributed by atoms with E-state index in [2.05, 4.69) is 0 Å². The minimum atomic E-state index is 0.526. The predicted octanol–water partition coefficient (Wildman–Crippen LogP) is 8.48. The van der Waals surface area contributed by atoms with Crippen LogP contribution in [0.2, 0.25) is 0 Å². The number of benzene rings is 6. The van der Waals surface area contributed by atoms with Crippen LogP contribution in [0.25, 0.3) is 66.7 Å². The van der Waals surface area contributed by atoms with E-state index in [0.717, 1.165) is 66.1 Å². The summed E-state index contributed by atoms with van der Waals surface area (Å²) in [6.45, 7) is 0. The molecule has 2 aliphatic heterocycles. The molecule has 5 aromatic rings. The Hall–Kier alpha value is -6.61. The monoisotopic (exact) mass is 653 g/mol. The fourth-order valence-electron chi connectivity index (χ4n) is 6.37. The zero-order valence-electron chi connectivity index (χ0n) is 27.9. The van der Waals surface area contributed by atoms with Crippen molar-refractivity contribution in [1.82, 2.24) is 15.0 Å². The molecule has 9 heteroatoms. The number of hydrogen-bond donors (Lipinski definition) is 0. The maximum atomic E-state index is 6.44. The van der Waals surface area contributed by atoms with Crippen molar-refractivity contribution in [2.75, 3.05) is 38.0 Å². The first kappa shape index (κ1) is 29.5. The fraction of sp³-hybridized carbons (Fsp3) is 0.0976. The topological polar surface area (TPSA) is 96.2 Å². The third-order valence-corrected chi connectivity index (χ3v) is 8.93. The molecule has 50 heavy (non-hydrogen) atoms. The van der Waals surface area contributed by atoms with Crippen molar-refractivity contribution in [2.45, 2.75) is 0 Å². The number of nitrogens with zero attached hydrogens (tertiary/aromatic N) is 7. The lowest BCUT2D eigenvalue weighted by Crippen LogP contribution is -2.09. The van der Waals surface area contributed by atoms with Crippen LogP contribution in [0.5, 0.6) is 0 Å². The van der Waals surface area contributed by atoms with Gasteiger partial charge in [-0.05, 0) is 36.4 Å². The van der Waals surface area contributed by atoms with E-state index in [1.165, 1.54) is 0 Å². The zero-order chi connectivity index (χ0) is 33.9. The Bertz CT molecular complexity index is 2660. The number of aromatic nitrogens is 3. The SMILES string of the molecule is CN(C)c1ccc2nc3c4ccccc4c(=Nc4cccc(N=c5cc6oc7cc(N(C)C)ccc7nc-6c6ccccc56)n4)cc-3oc2c1. The molecule has 0 saturated heterocycles. The molecule has 242 valence electrons. The standard InChI is InChI=1S/C41H31N7O2/c1-47(2)24-16-18-30-34(20-24)49-36-22-32(26-10-5-7-12-28(26)40(36)44-30)42-38-14-9-15-39(46-38)43-33-23-37-41(29-13-8-6-11-27(29)33)45-31-19-17-25(48(3)4)21-35(31)50-37/h5-23H,1-4H3. The van der Waals surface area contributed by atoms with Gasteiger partial charge in [-0.1, -0.05) is 54.6 Å². The molecule has 4 aromatic carbocycles. The molecule has 0 amide bonds. The van der Waals surface area contributed by atoms with Crippen molar-refractivity contribution in [3.63, 3.8) is 0 Å². The molecule has 0 spiro atoms. The molecule has 2 aliphatic carbocycles. The summed E-state index contributed by atoms with van der Waals surface area (Å²) in [5, 5.41) is 5.29. The molecule has 0 saturated carbocycles. The van der Waals surface area contributed by atoms with Gasteiger partial charge in [0.25, 0.3) is 0 Å². The molecule has 0 radical (unpaired) electrons. The summed E-state index contributed by atoms with van der Waals surface area (Å²) in [5.74, 6) is 2.35. The van der Waals surface area contributed by atoms with Gasteiger partial charge in [0.1, 0.15) is 22.4 Å². The summed E-state index contributed by atoms with van der Waals surface area (Å²) >= 11 is 0. The smallest absolute Gasteiger partial charge is 0.155 e. The van der Waals surface area contributed by atoms with Gasteiger partial charge < -0.3 is 18.6 Å². The van der Waals surface area contributed by atoms with Crippen LogP contribution in [0, 0.1) is 0 Å². The number of pyridine rings is 1. The Kier molecular flexibility index (Phi) is 6.80. The summed E-state index contributed by atoms with van der Waals surface area (Å²) in [6.07, 6.45) is 0. The van der Waals surface area contributed by atoms with E-state index in [1.54, 1.807) is 0 Å². The molecule has 0 bridgehead atoms. The van der Waals surface area contributed by atoms with Gasteiger partial charge in [0, 0.05) is 85.4 Å². The Morgan fingerprint density at radius 1 is 0.460 bits per heavy atom. The first-order chi connectivity index (χ1) is 24.4. The minimum Gasteiger partial charge on any atom is -0.453 e. The average molecular weight is 654 g/mol. The van der Waals surface area contributed by atoms with E-state index >= 15 is 0 Å². The highest BCUT2D eigenvalue weighted by Crippen LogP contribution is 2.33. The van der Waals surface area contributed by atoms with Gasteiger partial charge in [-0.3, -0.25) is 0 Å². The van der Waals surface area contributed by atoms with E-state index in [9.17, 15) is 0 Å². The molecule has 0 unspecified atom stereocenters. The van der Waals surface area contributed by atoms with Crippen LogP contribution in [-0.2, 0) is 0 Å². The average Bonchev–Trinajstić information content (AvgIpc) is 3.13. The van der Waals surface area contributed by atoms with Crippen LogP contribution in [0.1, 0.15) is 0 Å². The Balaban J connectivity index is 1.21. The van der Waals surface area contributed by atoms with Gasteiger partial charge in [0.15, 0.2) is 34.3 Å². The third kappa shape index (κ3) is 5.07. The molecular weight excluding hydrogens is 622 g/mol. The van der Waals surface area contributed by atoms with Gasteiger partial charge in [-0.25, -0.2) is 24.9 Å². The van der Waals surface area contributed by atoms with Crippen molar-refractivity contribution < 1.29 is 8.83 Å². The quantitative estimate of drug-likeness (QED) is 0.139. The molecule has 4 aliphatic rings. The van der Waals surface area contributed by atoms with Gasteiger partial charge in [0.05, 0.1) is 10.7 Å². The highest BCUT2D eigenvalue weighted by molar-refractivity contribution is 5.98. The van der Waals surface area contributed by atoms with E-state index in [4.69, 9.17) is 33.8 Å². The van der Waals surface area contributed by atoms with Gasteiger partial charge >= 0.3 is 0 Å². The van der Waals surface area contributed by atoms with Crippen molar-refractivity contribution in [2.24, 2.45) is 9.98 Å². The second kappa shape index (κ2) is 11.5. The maximum absolute atomic E-state index is 6.44. The van der Waals surface area contributed by atoms with Crippen LogP contribution in [0.4, 0.5) is 23.0 Å². The predicted molar refractivity (Wildman–Crippen MR) is 200 cm³/mol. The highest BCUT2D eigenvalue weighted by atomic mass is 16.3. The van der Waals surface area contributed by atoms with E-state index < -0.39 is 0 Å². The molecule has 0 N–H and O–H groups in total. The number of hydrogen-bond acceptors (Lipinski definition) is 9. The molecule has 1 aromatic heterocycles. The second-order valence-corrected chi connectivity index (χ2v) is 12.7. The fourth-order valence-corrected chi connectivity index (χ4v) is 6.37. The normalized spacial score (nSPS) is 12.6. The number of fused-ring (bicyclic) bond motifs is 8. The Labute approximate surface area is 286 Å². The highest BCUT2D eigenvalue weighted by Gasteiger charge is 2.17. The van der Waals surface area contributed by atoms with Crippen LogP contribution < -0.4 is 20.5 Å². The zero-order valence-corrected chi connectivity index (χ0v) is 27.9. The molecule has 0 atom stereocenters. The maximum Gasteiger partial charge on any atom is 0.155 e. The van der Waals surface area contributed by atoms with Crippen molar-refractivity contribution in [3.05, 3.63) is 126 Å². The molecule has 9 nitrogen and oxygen atoms in total. The van der Waals surface area contributed by atoms with Crippen molar-refractivity contribution >= 4 is 66.8 Å². The lowest BCUT2D eigenvalue weighted by Gasteiger charge is -2.14. The molecular formula is C41H31N7O2. The summed E-state index contributed by atoms with van der Waals surface area (Å²) in [6, 6.07) is 37.8. The van der Waals surface area contributed by atoms with Gasteiger partial charge in [-0.2, -0.15) is 0 Å². The second-order valence-electron chi connectivity index (χ2n) is 12.7. The Morgan fingerprint density at radius 2 is 0.900 bits per heavy atom. The van der Waals surface area contributed by atoms with Gasteiger partial charge in [-0.15, -0.1) is 0 Å². The Morgan fingerprint density at radius 3 is 1.34 bits per heavy atom. The summed E-state index contributed by atoms with van der Waals surface area (Å²) in [5.41, 5.74) is 6.66. The molecule has 0 fully saturated rings.